The molecular formula is C23H45N5O5. The van der Waals surface area contributed by atoms with Gasteiger partial charge in [-0.2, -0.15) is 0 Å². The van der Waals surface area contributed by atoms with Crippen LogP contribution < -0.4 is 27.4 Å². The van der Waals surface area contributed by atoms with Crippen molar-refractivity contribution in [2.24, 2.45) is 29.2 Å². The van der Waals surface area contributed by atoms with Gasteiger partial charge in [-0.3, -0.25) is 14.4 Å². The van der Waals surface area contributed by atoms with Crippen LogP contribution in [0.15, 0.2) is 0 Å². The Labute approximate surface area is 198 Å². The van der Waals surface area contributed by atoms with Crippen LogP contribution in [0, 0.1) is 17.8 Å². The van der Waals surface area contributed by atoms with Gasteiger partial charge < -0.3 is 32.5 Å². The molecule has 3 amide bonds. The Bertz CT molecular complexity index is 641. The molecule has 10 heteroatoms. The molecule has 10 nitrogen and oxygen atoms in total. The smallest absolute Gasteiger partial charge is 0.326 e. The van der Waals surface area contributed by atoms with Crippen LogP contribution in [0.5, 0.6) is 0 Å². The predicted octanol–water partition coefficient (Wildman–Crippen LogP) is 0.730. The summed E-state index contributed by atoms with van der Waals surface area (Å²) in [6.07, 6.45) is 2.41. The monoisotopic (exact) mass is 471 g/mol. The minimum atomic E-state index is -1.14. The van der Waals surface area contributed by atoms with Crippen LogP contribution in [0.25, 0.3) is 0 Å². The molecule has 0 fully saturated rings. The maximum Gasteiger partial charge on any atom is 0.326 e. The number of nitrogens with one attached hydrogen (secondary N) is 3. The Morgan fingerprint density at radius 2 is 1.42 bits per heavy atom. The van der Waals surface area contributed by atoms with Gasteiger partial charge in [0.1, 0.15) is 18.1 Å². The minimum Gasteiger partial charge on any atom is -0.480 e. The molecule has 5 unspecified atom stereocenters. The lowest BCUT2D eigenvalue weighted by Gasteiger charge is -2.29. The molecule has 0 aromatic rings. The molecule has 0 radical (unpaired) electrons. The first-order chi connectivity index (χ1) is 15.3. The highest BCUT2D eigenvalue weighted by atomic mass is 16.4. The number of nitrogens with two attached hydrogens (primary N) is 2. The Kier molecular flexibility index (Phi) is 14.6. The molecule has 192 valence electrons. The van der Waals surface area contributed by atoms with Crippen LogP contribution >= 0.6 is 0 Å². The van der Waals surface area contributed by atoms with Gasteiger partial charge in [0.25, 0.3) is 0 Å². The summed E-state index contributed by atoms with van der Waals surface area (Å²) >= 11 is 0. The fourth-order valence-electron chi connectivity index (χ4n) is 3.24. The molecule has 0 saturated carbocycles. The van der Waals surface area contributed by atoms with E-state index in [2.05, 4.69) is 16.0 Å². The molecule has 33 heavy (non-hydrogen) atoms. The Balaban J connectivity index is 5.51. The number of hydrogen-bond acceptors (Lipinski definition) is 6. The number of carboxylic acid groups (broad SMARTS) is 1. The molecule has 0 aliphatic rings. The van der Waals surface area contributed by atoms with Crippen molar-refractivity contribution in [1.29, 1.82) is 0 Å². The van der Waals surface area contributed by atoms with Gasteiger partial charge in [-0.05, 0) is 50.0 Å². The Morgan fingerprint density at radius 3 is 1.88 bits per heavy atom. The van der Waals surface area contributed by atoms with E-state index >= 15 is 0 Å². The molecule has 0 aliphatic carbocycles. The van der Waals surface area contributed by atoms with Gasteiger partial charge in [0.15, 0.2) is 0 Å². The molecule has 0 aromatic heterocycles. The molecule has 0 saturated heterocycles. The zero-order valence-corrected chi connectivity index (χ0v) is 21.0. The van der Waals surface area contributed by atoms with Gasteiger partial charge in [0.05, 0.1) is 6.04 Å². The third-order valence-corrected chi connectivity index (χ3v) is 5.72. The maximum atomic E-state index is 13.1. The van der Waals surface area contributed by atoms with E-state index in [0.29, 0.717) is 32.2 Å². The zero-order valence-electron chi connectivity index (χ0n) is 21.0. The zero-order chi connectivity index (χ0) is 25.7. The van der Waals surface area contributed by atoms with Crippen molar-refractivity contribution in [3.05, 3.63) is 0 Å². The van der Waals surface area contributed by atoms with Gasteiger partial charge >= 0.3 is 5.97 Å². The third-order valence-electron chi connectivity index (χ3n) is 5.72. The van der Waals surface area contributed by atoms with Gasteiger partial charge in [-0.1, -0.05) is 48.0 Å². The van der Waals surface area contributed by atoms with E-state index in [-0.39, 0.29) is 24.2 Å². The average molecular weight is 472 g/mol. The summed E-state index contributed by atoms with van der Waals surface area (Å²) in [6, 6.07) is -3.63. The maximum absolute atomic E-state index is 13.1. The summed E-state index contributed by atoms with van der Waals surface area (Å²) in [5.74, 6) is -2.86. The first-order valence-corrected chi connectivity index (χ1v) is 11.9. The Hall–Kier alpha value is -2.20. The number of carbonyl (C=O) groups is 4. The quantitative estimate of drug-likeness (QED) is 0.180. The standard InChI is InChI=1S/C23H45N5O5/c1-7-15(6)19(28-21(30)18(25)14(4)5)22(31)27-17(12-13(2)3)20(29)26-16(23(32)33)10-8-9-11-24/h13-19H,7-12,24-25H2,1-6H3,(H,26,29)(H,27,31)(H,28,30)(H,32,33). The van der Waals surface area contributed by atoms with Gasteiger partial charge in [0.2, 0.25) is 17.7 Å². The van der Waals surface area contributed by atoms with E-state index < -0.39 is 47.9 Å². The van der Waals surface area contributed by atoms with Crippen LogP contribution in [0.2, 0.25) is 0 Å². The summed E-state index contributed by atoms with van der Waals surface area (Å²) in [4.78, 5) is 50.1. The molecule has 8 N–H and O–H groups in total. The van der Waals surface area contributed by atoms with Crippen LogP contribution in [-0.2, 0) is 19.2 Å². The highest BCUT2D eigenvalue weighted by molar-refractivity contribution is 5.94. The molecule has 0 aliphatic heterocycles. The van der Waals surface area contributed by atoms with Crippen molar-refractivity contribution in [1.82, 2.24) is 16.0 Å². The van der Waals surface area contributed by atoms with Gasteiger partial charge in [-0.25, -0.2) is 4.79 Å². The number of aliphatic carboxylic acids is 1. The van der Waals surface area contributed by atoms with E-state index in [4.69, 9.17) is 11.5 Å². The fraction of sp³-hybridized carbons (Fsp3) is 0.826. The summed E-state index contributed by atoms with van der Waals surface area (Å²) in [7, 11) is 0. The molecule has 0 rings (SSSR count). The summed E-state index contributed by atoms with van der Waals surface area (Å²) in [6.45, 7) is 11.6. The summed E-state index contributed by atoms with van der Waals surface area (Å²) in [5, 5.41) is 17.5. The van der Waals surface area contributed by atoms with E-state index in [1.165, 1.54) is 0 Å². The molecule has 0 aromatic carbocycles. The molecule has 0 heterocycles. The van der Waals surface area contributed by atoms with Crippen molar-refractivity contribution < 1.29 is 24.3 Å². The first kappa shape index (κ1) is 30.8. The second-order valence-corrected chi connectivity index (χ2v) is 9.52. The number of rotatable bonds is 16. The topological polar surface area (TPSA) is 177 Å². The van der Waals surface area contributed by atoms with E-state index in [1.807, 2.05) is 41.5 Å². The van der Waals surface area contributed by atoms with Crippen LogP contribution in [-0.4, -0.2) is 59.5 Å². The highest BCUT2D eigenvalue weighted by Crippen LogP contribution is 2.12. The lowest BCUT2D eigenvalue weighted by molar-refractivity contribution is -0.142. The van der Waals surface area contributed by atoms with E-state index in [0.717, 1.165) is 0 Å². The average Bonchev–Trinajstić information content (AvgIpc) is 2.74. The second kappa shape index (κ2) is 15.6. The molecule has 0 spiro atoms. The summed E-state index contributed by atoms with van der Waals surface area (Å²) < 4.78 is 0. The summed E-state index contributed by atoms with van der Waals surface area (Å²) in [5.41, 5.74) is 11.4. The predicted molar refractivity (Wildman–Crippen MR) is 128 cm³/mol. The number of carboxylic acids is 1. The number of carbonyl (C=O) groups excluding carboxylic acids is 3. The van der Waals surface area contributed by atoms with Crippen molar-refractivity contribution in [3.63, 3.8) is 0 Å². The first-order valence-electron chi connectivity index (χ1n) is 11.9. The molecular weight excluding hydrogens is 426 g/mol. The third kappa shape index (κ3) is 11.5. The number of amides is 3. The van der Waals surface area contributed by atoms with Crippen molar-refractivity contribution >= 4 is 23.7 Å². The number of unbranched alkanes of at least 4 members (excludes halogenated alkanes) is 1. The van der Waals surface area contributed by atoms with Crippen molar-refractivity contribution in [3.8, 4) is 0 Å². The van der Waals surface area contributed by atoms with Gasteiger partial charge in [0, 0.05) is 0 Å². The lowest BCUT2D eigenvalue weighted by Crippen LogP contribution is -2.59. The second-order valence-electron chi connectivity index (χ2n) is 9.52. The SMILES string of the molecule is CCC(C)C(NC(=O)C(N)C(C)C)C(=O)NC(CC(C)C)C(=O)NC(CCCCN)C(=O)O. The van der Waals surface area contributed by atoms with E-state index in [9.17, 15) is 24.3 Å². The largest absolute Gasteiger partial charge is 0.480 e. The van der Waals surface area contributed by atoms with Crippen LogP contribution in [0.1, 0.15) is 73.6 Å². The normalized spacial score (nSPS) is 15.9. The lowest BCUT2D eigenvalue weighted by atomic mass is 9.95. The van der Waals surface area contributed by atoms with Crippen LogP contribution in [0.3, 0.4) is 0 Å². The highest BCUT2D eigenvalue weighted by Gasteiger charge is 2.33. The van der Waals surface area contributed by atoms with E-state index in [1.54, 1.807) is 0 Å². The minimum absolute atomic E-state index is 0.0626. The van der Waals surface area contributed by atoms with Crippen LogP contribution in [0.4, 0.5) is 0 Å². The number of hydrogen-bond donors (Lipinski definition) is 6. The molecule has 5 atom stereocenters. The van der Waals surface area contributed by atoms with Crippen molar-refractivity contribution in [2.75, 3.05) is 6.54 Å². The Morgan fingerprint density at radius 1 is 0.848 bits per heavy atom. The fourth-order valence-corrected chi connectivity index (χ4v) is 3.24. The van der Waals surface area contributed by atoms with Crippen molar-refractivity contribution in [2.45, 2.75) is 97.8 Å². The van der Waals surface area contributed by atoms with Gasteiger partial charge in [-0.15, -0.1) is 0 Å². The molecule has 0 bridgehead atoms.